The number of aryl methyl sites for hydroxylation is 2. The van der Waals surface area contributed by atoms with Crippen molar-refractivity contribution >= 4 is 17.3 Å². The molecule has 0 unspecified atom stereocenters. The van der Waals surface area contributed by atoms with Crippen LogP contribution >= 0.6 is 0 Å². The molecule has 0 spiro atoms. The lowest BCUT2D eigenvalue weighted by Crippen LogP contribution is -2.04. The number of hydrogen-bond donors (Lipinski definition) is 2. The molecule has 0 aliphatic heterocycles. The summed E-state index contributed by atoms with van der Waals surface area (Å²) >= 11 is 0. The van der Waals surface area contributed by atoms with Crippen LogP contribution in [0.4, 0.5) is 11.4 Å². The predicted octanol–water partition coefficient (Wildman–Crippen LogP) is 4.05. The van der Waals surface area contributed by atoms with E-state index in [0.29, 0.717) is 11.3 Å². The van der Waals surface area contributed by atoms with Gasteiger partial charge in [-0.15, -0.1) is 0 Å². The Labute approximate surface area is 112 Å². The van der Waals surface area contributed by atoms with Gasteiger partial charge in [-0.3, -0.25) is 0 Å². The zero-order valence-electron chi connectivity index (χ0n) is 11.3. The van der Waals surface area contributed by atoms with Crippen molar-refractivity contribution in [3.63, 3.8) is 0 Å². The van der Waals surface area contributed by atoms with Gasteiger partial charge in [0.15, 0.2) is 0 Å². The molecule has 0 aliphatic carbocycles. The molecule has 19 heavy (non-hydrogen) atoms. The minimum atomic E-state index is -0.920. The van der Waals surface area contributed by atoms with Crippen LogP contribution in [0.1, 0.15) is 27.0 Å². The number of carboxylic acid groups (broad SMARTS) is 1. The van der Waals surface area contributed by atoms with E-state index in [1.807, 2.05) is 45.0 Å². The van der Waals surface area contributed by atoms with Gasteiger partial charge in [0, 0.05) is 5.69 Å². The van der Waals surface area contributed by atoms with Crippen molar-refractivity contribution in [3.05, 3.63) is 58.7 Å². The lowest BCUT2D eigenvalue weighted by molar-refractivity contribution is 0.0698. The zero-order chi connectivity index (χ0) is 14.0. The first kappa shape index (κ1) is 13.1. The maximum absolute atomic E-state index is 11.3. The first-order valence-corrected chi connectivity index (χ1v) is 6.16. The third kappa shape index (κ3) is 2.76. The summed E-state index contributed by atoms with van der Waals surface area (Å²) in [5.74, 6) is -0.920. The van der Waals surface area contributed by atoms with Crippen molar-refractivity contribution in [2.24, 2.45) is 0 Å². The fourth-order valence-electron chi connectivity index (χ4n) is 1.98. The van der Waals surface area contributed by atoms with Crippen LogP contribution in [0.25, 0.3) is 0 Å². The van der Waals surface area contributed by atoms with Crippen molar-refractivity contribution in [1.82, 2.24) is 0 Å². The topological polar surface area (TPSA) is 49.3 Å². The number of anilines is 2. The first-order valence-electron chi connectivity index (χ1n) is 6.16. The molecule has 2 rings (SSSR count). The number of nitrogens with one attached hydrogen (secondary N) is 1. The van der Waals surface area contributed by atoms with E-state index in [9.17, 15) is 9.90 Å². The molecule has 3 nitrogen and oxygen atoms in total. The highest BCUT2D eigenvalue weighted by molar-refractivity contribution is 5.95. The summed E-state index contributed by atoms with van der Waals surface area (Å²) < 4.78 is 0. The monoisotopic (exact) mass is 255 g/mol. The maximum Gasteiger partial charge on any atom is 0.337 e. The Morgan fingerprint density at radius 3 is 2.47 bits per heavy atom. The Kier molecular flexibility index (Phi) is 3.56. The molecule has 0 amide bonds. The van der Waals surface area contributed by atoms with E-state index in [0.717, 1.165) is 16.8 Å². The highest BCUT2D eigenvalue weighted by Gasteiger charge is 2.11. The fraction of sp³-hybridized carbons (Fsp3) is 0.188. The van der Waals surface area contributed by atoms with Crippen molar-refractivity contribution in [1.29, 1.82) is 0 Å². The average Bonchev–Trinajstić information content (AvgIpc) is 2.36. The van der Waals surface area contributed by atoms with Gasteiger partial charge in [-0.2, -0.15) is 0 Å². The highest BCUT2D eigenvalue weighted by Crippen LogP contribution is 2.26. The van der Waals surface area contributed by atoms with Gasteiger partial charge in [0.05, 0.1) is 11.3 Å². The molecule has 2 N–H and O–H groups in total. The Morgan fingerprint density at radius 2 is 1.79 bits per heavy atom. The molecule has 2 aromatic carbocycles. The number of carbonyl (C=O) groups is 1. The van der Waals surface area contributed by atoms with Crippen LogP contribution in [-0.2, 0) is 0 Å². The summed E-state index contributed by atoms with van der Waals surface area (Å²) in [5, 5.41) is 12.5. The standard InChI is InChI=1S/C16H17NO2/c1-10-7-8-15(13(9-10)16(18)19)17-14-6-4-5-11(2)12(14)3/h4-9,17H,1-3H3,(H,18,19). The van der Waals surface area contributed by atoms with Gasteiger partial charge in [0.1, 0.15) is 0 Å². The molecule has 0 atom stereocenters. The molecule has 0 fully saturated rings. The number of benzene rings is 2. The fourth-order valence-corrected chi connectivity index (χ4v) is 1.98. The third-order valence-electron chi connectivity index (χ3n) is 3.28. The Morgan fingerprint density at radius 1 is 1.05 bits per heavy atom. The Balaban J connectivity index is 2.44. The smallest absolute Gasteiger partial charge is 0.337 e. The molecule has 0 saturated carbocycles. The van der Waals surface area contributed by atoms with Crippen LogP contribution in [0.15, 0.2) is 36.4 Å². The quantitative estimate of drug-likeness (QED) is 0.869. The summed E-state index contributed by atoms with van der Waals surface area (Å²) in [6, 6.07) is 11.3. The van der Waals surface area contributed by atoms with E-state index >= 15 is 0 Å². The Bertz CT molecular complexity index is 633. The van der Waals surface area contributed by atoms with Crippen LogP contribution in [-0.4, -0.2) is 11.1 Å². The van der Waals surface area contributed by atoms with Crippen LogP contribution in [0.5, 0.6) is 0 Å². The lowest BCUT2D eigenvalue weighted by atomic mass is 10.1. The average molecular weight is 255 g/mol. The molecule has 0 aromatic heterocycles. The van der Waals surface area contributed by atoms with Crippen molar-refractivity contribution in [2.75, 3.05) is 5.32 Å². The number of hydrogen-bond acceptors (Lipinski definition) is 2. The summed E-state index contributed by atoms with van der Waals surface area (Å²) in [6.07, 6.45) is 0. The third-order valence-corrected chi connectivity index (χ3v) is 3.28. The predicted molar refractivity (Wildman–Crippen MR) is 77.3 cm³/mol. The largest absolute Gasteiger partial charge is 0.478 e. The van der Waals surface area contributed by atoms with E-state index in [-0.39, 0.29) is 0 Å². The number of aromatic carboxylic acids is 1. The zero-order valence-corrected chi connectivity index (χ0v) is 11.3. The van der Waals surface area contributed by atoms with Gasteiger partial charge in [-0.1, -0.05) is 23.8 Å². The van der Waals surface area contributed by atoms with Crippen LogP contribution in [0, 0.1) is 20.8 Å². The summed E-state index contributed by atoms with van der Waals surface area (Å²) in [4.78, 5) is 11.3. The SMILES string of the molecule is Cc1ccc(Nc2cccc(C)c2C)c(C(=O)O)c1. The molecule has 3 heteroatoms. The first-order chi connectivity index (χ1) is 8.99. The van der Waals surface area contributed by atoms with Crippen molar-refractivity contribution < 1.29 is 9.90 Å². The molecule has 0 radical (unpaired) electrons. The molecule has 0 saturated heterocycles. The maximum atomic E-state index is 11.3. The second kappa shape index (κ2) is 5.14. The molecular formula is C16H17NO2. The van der Waals surface area contributed by atoms with Crippen molar-refractivity contribution in [3.8, 4) is 0 Å². The lowest BCUT2D eigenvalue weighted by Gasteiger charge is -2.13. The van der Waals surface area contributed by atoms with Crippen LogP contribution in [0.3, 0.4) is 0 Å². The minimum Gasteiger partial charge on any atom is -0.478 e. The highest BCUT2D eigenvalue weighted by atomic mass is 16.4. The molecule has 2 aromatic rings. The van der Waals surface area contributed by atoms with Gasteiger partial charge in [-0.25, -0.2) is 4.79 Å². The van der Waals surface area contributed by atoms with E-state index in [4.69, 9.17) is 0 Å². The minimum absolute atomic E-state index is 0.293. The van der Waals surface area contributed by atoms with Gasteiger partial charge >= 0.3 is 5.97 Å². The van der Waals surface area contributed by atoms with E-state index in [1.54, 1.807) is 12.1 Å². The summed E-state index contributed by atoms with van der Waals surface area (Å²) in [6.45, 7) is 5.94. The Hall–Kier alpha value is -2.29. The second-order valence-corrected chi connectivity index (χ2v) is 4.73. The molecule has 0 aliphatic rings. The summed E-state index contributed by atoms with van der Waals surface area (Å²) in [7, 11) is 0. The van der Waals surface area contributed by atoms with Crippen LogP contribution in [0.2, 0.25) is 0 Å². The van der Waals surface area contributed by atoms with Gasteiger partial charge < -0.3 is 10.4 Å². The molecule has 0 bridgehead atoms. The normalized spacial score (nSPS) is 10.3. The number of carboxylic acids is 1. The van der Waals surface area contributed by atoms with Gasteiger partial charge in [0.25, 0.3) is 0 Å². The van der Waals surface area contributed by atoms with E-state index in [2.05, 4.69) is 5.32 Å². The summed E-state index contributed by atoms with van der Waals surface area (Å²) in [5.41, 5.74) is 5.08. The van der Waals surface area contributed by atoms with Gasteiger partial charge in [-0.05, 0) is 50.1 Å². The second-order valence-electron chi connectivity index (χ2n) is 4.73. The van der Waals surface area contributed by atoms with Crippen LogP contribution < -0.4 is 5.32 Å². The molecule has 0 heterocycles. The van der Waals surface area contributed by atoms with E-state index in [1.165, 1.54) is 5.56 Å². The van der Waals surface area contributed by atoms with E-state index < -0.39 is 5.97 Å². The molecular weight excluding hydrogens is 238 g/mol. The van der Waals surface area contributed by atoms with Crippen molar-refractivity contribution in [2.45, 2.75) is 20.8 Å². The number of rotatable bonds is 3. The van der Waals surface area contributed by atoms with Gasteiger partial charge in [0.2, 0.25) is 0 Å². The molecule has 98 valence electrons.